The zero-order chi connectivity index (χ0) is 9.84. The smallest absolute Gasteiger partial charge is 0.120 e. The summed E-state index contributed by atoms with van der Waals surface area (Å²) in [7, 11) is 0. The molecule has 0 aromatic heterocycles. The van der Waals surface area contributed by atoms with E-state index >= 15 is 0 Å². The lowest BCUT2D eigenvalue weighted by Gasteiger charge is -2.12. The maximum absolute atomic E-state index is 9.52. The van der Waals surface area contributed by atoms with E-state index in [0.717, 1.165) is 23.3 Å². The highest BCUT2D eigenvalue weighted by molar-refractivity contribution is 7.80. The fourth-order valence-electron chi connectivity index (χ4n) is 1.31. The fraction of sp³-hybridized carbons (Fsp3) is 0.400. The van der Waals surface area contributed by atoms with Crippen LogP contribution in [0.4, 0.5) is 0 Å². The van der Waals surface area contributed by atoms with E-state index in [1.54, 1.807) is 12.1 Å². The first-order chi connectivity index (χ1) is 6.15. The molecule has 0 aliphatic rings. The van der Waals surface area contributed by atoms with Gasteiger partial charge in [-0.3, -0.25) is 0 Å². The number of phenolic OH excluding ortho intramolecular Hbond substituents is 1. The Labute approximate surface area is 84.2 Å². The van der Waals surface area contributed by atoms with Gasteiger partial charge in [0.25, 0.3) is 0 Å². The van der Waals surface area contributed by atoms with Crippen LogP contribution in [0.5, 0.6) is 5.75 Å². The number of rotatable bonds is 3. The second-order valence-electron chi connectivity index (χ2n) is 3.14. The molecule has 1 aromatic rings. The SMILES string of the molecule is CCC[C@@H](N)c1cc(S)ccc1O. The number of hydrogen-bond donors (Lipinski definition) is 3. The van der Waals surface area contributed by atoms with Crippen LogP contribution in [0.3, 0.4) is 0 Å². The Morgan fingerprint density at radius 2 is 2.23 bits per heavy atom. The summed E-state index contributed by atoms with van der Waals surface area (Å²) in [5.41, 5.74) is 6.67. The van der Waals surface area contributed by atoms with Gasteiger partial charge in [-0.05, 0) is 24.6 Å². The third kappa shape index (κ3) is 2.64. The first kappa shape index (κ1) is 10.4. The van der Waals surface area contributed by atoms with Crippen LogP contribution < -0.4 is 5.73 Å². The van der Waals surface area contributed by atoms with Crippen molar-refractivity contribution in [3.8, 4) is 5.75 Å². The van der Waals surface area contributed by atoms with Gasteiger partial charge in [0.05, 0.1) is 0 Å². The highest BCUT2D eigenvalue weighted by Gasteiger charge is 2.09. The van der Waals surface area contributed by atoms with Crippen molar-refractivity contribution in [1.82, 2.24) is 0 Å². The topological polar surface area (TPSA) is 46.2 Å². The lowest BCUT2D eigenvalue weighted by atomic mass is 10.0. The van der Waals surface area contributed by atoms with Gasteiger partial charge in [0.2, 0.25) is 0 Å². The summed E-state index contributed by atoms with van der Waals surface area (Å²) >= 11 is 4.20. The second-order valence-corrected chi connectivity index (χ2v) is 3.65. The van der Waals surface area contributed by atoms with Gasteiger partial charge in [-0.2, -0.15) is 0 Å². The summed E-state index contributed by atoms with van der Waals surface area (Å²) in [6, 6.07) is 5.11. The molecule has 1 atom stereocenters. The van der Waals surface area contributed by atoms with Crippen molar-refractivity contribution in [2.24, 2.45) is 5.73 Å². The zero-order valence-electron chi connectivity index (χ0n) is 7.70. The van der Waals surface area contributed by atoms with Crippen LogP contribution in [0.15, 0.2) is 23.1 Å². The van der Waals surface area contributed by atoms with E-state index in [9.17, 15) is 5.11 Å². The Hall–Kier alpha value is -0.670. The van der Waals surface area contributed by atoms with Crippen LogP contribution in [-0.4, -0.2) is 5.11 Å². The molecule has 0 saturated heterocycles. The van der Waals surface area contributed by atoms with Crippen LogP contribution in [0.25, 0.3) is 0 Å². The minimum absolute atomic E-state index is 0.0860. The van der Waals surface area contributed by atoms with Gasteiger partial charge >= 0.3 is 0 Å². The number of hydrogen-bond acceptors (Lipinski definition) is 3. The lowest BCUT2D eigenvalue weighted by molar-refractivity contribution is 0.457. The Bertz CT molecular complexity index is 288. The molecule has 0 radical (unpaired) electrons. The average molecular weight is 197 g/mol. The zero-order valence-corrected chi connectivity index (χ0v) is 8.59. The standard InChI is InChI=1S/C10H15NOS/c1-2-3-9(11)8-6-7(13)4-5-10(8)12/h4-6,9,12-13H,2-3,11H2,1H3/t9-/m1/s1. The summed E-state index contributed by atoms with van der Waals surface area (Å²) in [6.45, 7) is 2.07. The van der Waals surface area contributed by atoms with Crippen molar-refractivity contribution in [3.63, 3.8) is 0 Å². The molecule has 72 valence electrons. The number of benzene rings is 1. The fourth-order valence-corrected chi connectivity index (χ4v) is 1.52. The molecular weight excluding hydrogens is 182 g/mol. The van der Waals surface area contributed by atoms with E-state index in [1.165, 1.54) is 0 Å². The van der Waals surface area contributed by atoms with Gasteiger partial charge in [-0.25, -0.2) is 0 Å². The monoisotopic (exact) mass is 197 g/mol. The van der Waals surface area contributed by atoms with Gasteiger partial charge in [0, 0.05) is 16.5 Å². The minimum Gasteiger partial charge on any atom is -0.508 e. The number of phenols is 1. The van der Waals surface area contributed by atoms with Gasteiger partial charge in [-0.15, -0.1) is 12.6 Å². The third-order valence-electron chi connectivity index (χ3n) is 2.01. The molecular formula is C10H15NOS. The molecule has 0 bridgehead atoms. The Kier molecular flexibility index (Phi) is 3.63. The lowest BCUT2D eigenvalue weighted by Crippen LogP contribution is -2.09. The van der Waals surface area contributed by atoms with Crippen molar-refractivity contribution in [2.75, 3.05) is 0 Å². The van der Waals surface area contributed by atoms with E-state index < -0.39 is 0 Å². The average Bonchev–Trinajstić information content (AvgIpc) is 2.09. The summed E-state index contributed by atoms with van der Waals surface area (Å²) in [4.78, 5) is 0.833. The number of nitrogens with two attached hydrogens (primary N) is 1. The minimum atomic E-state index is -0.0860. The van der Waals surface area contributed by atoms with Crippen molar-refractivity contribution in [1.29, 1.82) is 0 Å². The number of thiol groups is 1. The molecule has 3 N–H and O–H groups in total. The van der Waals surface area contributed by atoms with Gasteiger partial charge < -0.3 is 10.8 Å². The summed E-state index contributed by atoms with van der Waals surface area (Å²) in [6.07, 6.45) is 1.89. The first-order valence-corrected chi connectivity index (χ1v) is 4.87. The molecule has 1 aromatic carbocycles. The molecule has 2 nitrogen and oxygen atoms in total. The maximum atomic E-state index is 9.52. The first-order valence-electron chi connectivity index (χ1n) is 4.42. The van der Waals surface area contributed by atoms with E-state index in [1.807, 2.05) is 6.07 Å². The maximum Gasteiger partial charge on any atom is 0.120 e. The molecule has 0 saturated carbocycles. The van der Waals surface area contributed by atoms with E-state index in [0.29, 0.717) is 0 Å². The predicted octanol–water partition coefficient (Wildman–Crippen LogP) is 2.48. The Morgan fingerprint density at radius 1 is 1.54 bits per heavy atom. The van der Waals surface area contributed by atoms with Crippen LogP contribution in [0.1, 0.15) is 31.4 Å². The molecule has 0 amide bonds. The summed E-state index contributed by atoms with van der Waals surface area (Å²) in [5.74, 6) is 0.263. The van der Waals surface area contributed by atoms with E-state index in [-0.39, 0.29) is 11.8 Å². The van der Waals surface area contributed by atoms with Gasteiger partial charge in [-0.1, -0.05) is 13.3 Å². The van der Waals surface area contributed by atoms with Crippen molar-refractivity contribution >= 4 is 12.6 Å². The molecule has 0 fully saturated rings. The quantitative estimate of drug-likeness (QED) is 0.652. The Balaban J connectivity index is 2.91. The second kappa shape index (κ2) is 4.53. The molecule has 0 aliphatic carbocycles. The van der Waals surface area contributed by atoms with Crippen LogP contribution in [0.2, 0.25) is 0 Å². The predicted molar refractivity (Wildman–Crippen MR) is 57.2 cm³/mol. The summed E-state index contributed by atoms with van der Waals surface area (Å²) < 4.78 is 0. The number of aromatic hydroxyl groups is 1. The molecule has 0 spiro atoms. The van der Waals surface area contributed by atoms with Gasteiger partial charge in [0.1, 0.15) is 5.75 Å². The Morgan fingerprint density at radius 3 is 2.85 bits per heavy atom. The van der Waals surface area contributed by atoms with E-state index in [2.05, 4.69) is 19.6 Å². The van der Waals surface area contributed by atoms with Crippen molar-refractivity contribution in [2.45, 2.75) is 30.7 Å². The van der Waals surface area contributed by atoms with Crippen LogP contribution >= 0.6 is 12.6 Å². The molecule has 0 aliphatic heterocycles. The molecule has 1 rings (SSSR count). The van der Waals surface area contributed by atoms with Crippen LogP contribution in [0, 0.1) is 0 Å². The highest BCUT2D eigenvalue weighted by atomic mass is 32.1. The third-order valence-corrected chi connectivity index (χ3v) is 2.29. The van der Waals surface area contributed by atoms with Crippen molar-refractivity contribution in [3.05, 3.63) is 23.8 Å². The summed E-state index contributed by atoms with van der Waals surface area (Å²) in [5, 5.41) is 9.52. The normalized spacial score (nSPS) is 12.8. The van der Waals surface area contributed by atoms with Gasteiger partial charge in [0.15, 0.2) is 0 Å². The molecule has 0 heterocycles. The van der Waals surface area contributed by atoms with E-state index in [4.69, 9.17) is 5.73 Å². The van der Waals surface area contributed by atoms with Crippen LogP contribution in [-0.2, 0) is 0 Å². The van der Waals surface area contributed by atoms with Crippen molar-refractivity contribution < 1.29 is 5.11 Å². The molecule has 13 heavy (non-hydrogen) atoms. The largest absolute Gasteiger partial charge is 0.508 e. The molecule has 3 heteroatoms. The highest BCUT2D eigenvalue weighted by Crippen LogP contribution is 2.27. The molecule has 0 unspecified atom stereocenters.